The van der Waals surface area contributed by atoms with Crippen molar-refractivity contribution in [2.24, 2.45) is 0 Å². The van der Waals surface area contributed by atoms with Crippen molar-refractivity contribution in [2.45, 2.75) is 65.2 Å². The largest absolute Gasteiger partial charge is 0.454 e. The lowest BCUT2D eigenvalue weighted by molar-refractivity contribution is -0.346. The molecule has 0 N–H and O–H groups in total. The third kappa shape index (κ3) is 6.82. The molecule has 0 aromatic heterocycles. The van der Waals surface area contributed by atoms with E-state index in [2.05, 4.69) is 0 Å². The van der Waals surface area contributed by atoms with Crippen molar-refractivity contribution in [3.05, 3.63) is 35.9 Å². The van der Waals surface area contributed by atoms with Gasteiger partial charge < -0.3 is 28.4 Å². The lowest BCUT2D eigenvalue weighted by Gasteiger charge is -2.43. The van der Waals surface area contributed by atoms with E-state index in [0.717, 1.165) is 33.3 Å². The smallest absolute Gasteiger partial charge is 0.305 e. The molecule has 5 atom stereocenters. The summed E-state index contributed by atoms with van der Waals surface area (Å²) in [6.07, 6.45) is -6.74. The molecule has 0 bridgehead atoms. The molecule has 1 aromatic rings. The Hall–Kier alpha value is -2.98. The highest BCUT2D eigenvalue weighted by Gasteiger charge is 2.54. The molecule has 10 nitrogen and oxygen atoms in total. The van der Waals surface area contributed by atoms with Gasteiger partial charge >= 0.3 is 23.9 Å². The van der Waals surface area contributed by atoms with Crippen molar-refractivity contribution in [3.8, 4) is 0 Å². The van der Waals surface area contributed by atoms with Crippen LogP contribution in [-0.2, 0) is 54.2 Å². The van der Waals surface area contributed by atoms with Crippen molar-refractivity contribution >= 4 is 23.9 Å². The molecule has 1 aliphatic heterocycles. The van der Waals surface area contributed by atoms with E-state index in [9.17, 15) is 19.2 Å². The number of ether oxygens (including phenoxy) is 6. The summed E-state index contributed by atoms with van der Waals surface area (Å²) < 4.78 is 32.2. The Morgan fingerprint density at radius 2 is 1.17 bits per heavy atom. The number of carbonyl (C=O) groups excluding carboxylic acids is 4. The maximum Gasteiger partial charge on any atom is 0.305 e. The molecule has 2 rings (SSSR count). The highest BCUT2D eigenvalue weighted by molar-refractivity contribution is 5.69. The van der Waals surface area contributed by atoms with Crippen LogP contribution >= 0.6 is 0 Å². The molecule has 1 aromatic carbocycles. The predicted octanol–water partition coefficient (Wildman–Crippen LogP) is 1.24. The van der Waals surface area contributed by atoms with E-state index < -0.39 is 54.8 Å². The summed E-state index contributed by atoms with van der Waals surface area (Å²) in [6, 6.07) is 9.06. The Morgan fingerprint density at radius 3 is 1.67 bits per heavy atom. The second-order valence-electron chi connectivity index (χ2n) is 6.50. The van der Waals surface area contributed by atoms with Crippen LogP contribution in [0.25, 0.3) is 0 Å². The van der Waals surface area contributed by atoms with Crippen molar-refractivity contribution in [2.75, 3.05) is 0 Å². The second-order valence-corrected chi connectivity index (χ2v) is 6.50. The number of hydrogen-bond donors (Lipinski definition) is 0. The lowest BCUT2D eigenvalue weighted by atomic mass is 10.0. The summed E-state index contributed by atoms with van der Waals surface area (Å²) in [5, 5.41) is 0. The van der Waals surface area contributed by atoms with Gasteiger partial charge in [-0.15, -0.1) is 0 Å². The van der Waals surface area contributed by atoms with Crippen LogP contribution in [0.3, 0.4) is 0 Å². The first-order valence-corrected chi connectivity index (χ1v) is 9.17. The standard InChI is InChI=1S/C20H24O10/c1-11(21)26-16-17(27-12(2)22)19(25-10-15-8-6-5-7-9-15)30-20(29-14(4)24)18(16)28-13(3)23/h5-9,16-20H,10H2,1-4H3/t16-,17+,18+,19-,20?/m1/s1. The Kier molecular flexibility index (Phi) is 8.31. The maximum absolute atomic E-state index is 11.7. The first-order valence-electron chi connectivity index (χ1n) is 9.17. The minimum atomic E-state index is -1.46. The molecule has 0 amide bonds. The number of hydrogen-bond acceptors (Lipinski definition) is 10. The number of esters is 4. The van der Waals surface area contributed by atoms with E-state index in [-0.39, 0.29) is 6.61 Å². The molecule has 1 aliphatic rings. The van der Waals surface area contributed by atoms with Gasteiger partial charge in [0.05, 0.1) is 6.61 Å². The Balaban J connectivity index is 2.36. The van der Waals surface area contributed by atoms with E-state index in [1.165, 1.54) is 0 Å². The van der Waals surface area contributed by atoms with Crippen LogP contribution < -0.4 is 0 Å². The molecule has 0 saturated carbocycles. The summed E-state index contributed by atoms with van der Waals surface area (Å²) in [5.74, 6) is -2.92. The van der Waals surface area contributed by atoms with Gasteiger partial charge in [0, 0.05) is 27.7 Å². The van der Waals surface area contributed by atoms with Gasteiger partial charge in [0.2, 0.25) is 18.7 Å². The molecule has 1 unspecified atom stereocenters. The minimum absolute atomic E-state index is 0.0566. The Labute approximate surface area is 173 Å². The van der Waals surface area contributed by atoms with Crippen molar-refractivity contribution in [1.82, 2.24) is 0 Å². The fraction of sp³-hybridized carbons (Fsp3) is 0.500. The topological polar surface area (TPSA) is 124 Å². The molecular formula is C20H24O10. The predicted molar refractivity (Wildman–Crippen MR) is 98.3 cm³/mol. The van der Waals surface area contributed by atoms with Crippen LogP contribution in [0.4, 0.5) is 0 Å². The fourth-order valence-corrected chi connectivity index (χ4v) is 2.88. The molecule has 1 fully saturated rings. The third-order valence-electron chi connectivity index (χ3n) is 3.90. The quantitative estimate of drug-likeness (QED) is 0.466. The van der Waals surface area contributed by atoms with Crippen LogP contribution in [0, 0.1) is 0 Å². The monoisotopic (exact) mass is 424 g/mol. The van der Waals surface area contributed by atoms with E-state index in [0.29, 0.717) is 0 Å². The fourth-order valence-electron chi connectivity index (χ4n) is 2.88. The van der Waals surface area contributed by atoms with Gasteiger partial charge in [0.25, 0.3) is 0 Å². The van der Waals surface area contributed by atoms with Crippen molar-refractivity contribution in [1.29, 1.82) is 0 Å². The maximum atomic E-state index is 11.7. The first kappa shape index (κ1) is 23.3. The van der Waals surface area contributed by atoms with Gasteiger partial charge in [-0.2, -0.15) is 0 Å². The minimum Gasteiger partial charge on any atom is -0.454 e. The lowest BCUT2D eigenvalue weighted by Crippen LogP contribution is -2.62. The highest BCUT2D eigenvalue weighted by Crippen LogP contribution is 2.30. The van der Waals surface area contributed by atoms with Crippen molar-refractivity contribution < 1.29 is 47.6 Å². The van der Waals surface area contributed by atoms with Gasteiger partial charge in [0.15, 0.2) is 12.2 Å². The summed E-state index contributed by atoms with van der Waals surface area (Å²) in [7, 11) is 0. The first-order chi connectivity index (χ1) is 14.2. The Morgan fingerprint density at radius 1 is 0.700 bits per heavy atom. The van der Waals surface area contributed by atoms with E-state index in [1.807, 2.05) is 18.2 Å². The zero-order chi connectivity index (χ0) is 22.3. The van der Waals surface area contributed by atoms with Crippen molar-refractivity contribution in [3.63, 3.8) is 0 Å². The summed E-state index contributed by atoms with van der Waals surface area (Å²) >= 11 is 0. The van der Waals surface area contributed by atoms with Crippen LogP contribution in [0.2, 0.25) is 0 Å². The van der Waals surface area contributed by atoms with Crippen LogP contribution in [0.5, 0.6) is 0 Å². The second kappa shape index (κ2) is 10.7. The van der Waals surface area contributed by atoms with Crippen LogP contribution in [0.1, 0.15) is 33.3 Å². The molecule has 30 heavy (non-hydrogen) atoms. The Bertz CT molecular complexity index is 762. The van der Waals surface area contributed by atoms with E-state index in [1.54, 1.807) is 12.1 Å². The normalized spacial score (nSPS) is 25.7. The average molecular weight is 424 g/mol. The molecule has 0 radical (unpaired) electrons. The number of rotatable bonds is 7. The van der Waals surface area contributed by atoms with E-state index in [4.69, 9.17) is 28.4 Å². The van der Waals surface area contributed by atoms with Gasteiger partial charge in [-0.25, -0.2) is 0 Å². The van der Waals surface area contributed by atoms with Gasteiger partial charge in [0.1, 0.15) is 0 Å². The average Bonchev–Trinajstić information content (AvgIpc) is 2.64. The molecule has 1 saturated heterocycles. The van der Waals surface area contributed by atoms with Crippen LogP contribution in [0.15, 0.2) is 30.3 Å². The number of carbonyl (C=O) groups is 4. The SMILES string of the molecule is CC(=O)OC1O[C@@H](OCc2ccccc2)[C@@H](OC(C)=O)[C@@H](OC(C)=O)[C@@H]1OC(C)=O. The molecule has 10 heteroatoms. The molecule has 164 valence electrons. The molecular weight excluding hydrogens is 400 g/mol. The summed E-state index contributed by atoms with van der Waals surface area (Å²) in [5.41, 5.74) is 0.790. The van der Waals surface area contributed by atoms with E-state index >= 15 is 0 Å². The van der Waals surface area contributed by atoms with Gasteiger partial charge in [-0.1, -0.05) is 30.3 Å². The molecule has 1 heterocycles. The highest BCUT2D eigenvalue weighted by atomic mass is 16.8. The third-order valence-corrected chi connectivity index (χ3v) is 3.90. The number of benzene rings is 1. The van der Waals surface area contributed by atoms with Gasteiger partial charge in [-0.05, 0) is 5.56 Å². The van der Waals surface area contributed by atoms with Crippen LogP contribution in [-0.4, -0.2) is 54.8 Å². The summed E-state index contributed by atoms with van der Waals surface area (Å²) in [6.45, 7) is 4.59. The van der Waals surface area contributed by atoms with Gasteiger partial charge in [-0.3, -0.25) is 19.2 Å². The molecule has 0 spiro atoms. The zero-order valence-corrected chi connectivity index (χ0v) is 17.1. The zero-order valence-electron chi connectivity index (χ0n) is 17.1. The molecule has 0 aliphatic carbocycles. The summed E-state index contributed by atoms with van der Waals surface area (Å²) in [4.78, 5) is 46.5.